The lowest BCUT2D eigenvalue weighted by atomic mass is 9.99. The van der Waals surface area contributed by atoms with Crippen molar-refractivity contribution in [1.29, 1.82) is 0 Å². The molecule has 0 saturated carbocycles. The molecule has 3 aromatic rings. The molecule has 0 aliphatic carbocycles. The van der Waals surface area contributed by atoms with Gasteiger partial charge in [-0.2, -0.15) is 0 Å². The van der Waals surface area contributed by atoms with E-state index in [-0.39, 0.29) is 17.7 Å². The number of likely N-dealkylation sites (N-methyl/N-ethyl adjacent to an activating group) is 1. The summed E-state index contributed by atoms with van der Waals surface area (Å²) in [5.74, 6) is -1.56. The molecule has 2 aromatic carbocycles. The van der Waals surface area contributed by atoms with E-state index in [1.807, 2.05) is 54.5 Å². The lowest BCUT2D eigenvalue weighted by molar-refractivity contribution is -0.141. The Morgan fingerprint density at radius 2 is 1.78 bits per heavy atom. The number of aliphatic hydroxyl groups excluding tert-OH is 1. The van der Waals surface area contributed by atoms with Gasteiger partial charge in [-0.25, -0.2) is 4.79 Å². The average molecular weight is 559 g/mol. The minimum Gasteiger partial charge on any atom is -0.480 e. The summed E-state index contributed by atoms with van der Waals surface area (Å²) in [5.41, 5.74) is 3.43. The molecule has 1 fully saturated rings. The van der Waals surface area contributed by atoms with Gasteiger partial charge in [0.15, 0.2) is 0 Å². The van der Waals surface area contributed by atoms with E-state index < -0.39 is 36.0 Å². The monoisotopic (exact) mass is 558 g/mol. The van der Waals surface area contributed by atoms with Crippen molar-refractivity contribution in [3.63, 3.8) is 0 Å². The summed E-state index contributed by atoms with van der Waals surface area (Å²) in [6.07, 6.45) is 4.10. The number of pyridine rings is 1. The number of nitrogens with one attached hydrogen (secondary N) is 1. The number of hydrogen-bond donors (Lipinski definition) is 3. The first-order valence-electron chi connectivity index (χ1n) is 14.0. The van der Waals surface area contributed by atoms with Gasteiger partial charge in [0, 0.05) is 37.5 Å². The summed E-state index contributed by atoms with van der Waals surface area (Å²) in [7, 11) is 1.88. The number of aromatic nitrogens is 1. The van der Waals surface area contributed by atoms with Gasteiger partial charge in [0.25, 0.3) is 11.8 Å². The van der Waals surface area contributed by atoms with Gasteiger partial charge in [0.2, 0.25) is 0 Å². The highest BCUT2D eigenvalue weighted by Crippen LogP contribution is 2.22. The maximum absolute atomic E-state index is 13.4. The fraction of sp³-hybridized carbons (Fsp3) is 0.375. The number of carboxylic acids is 1. The number of carbonyl (C=O) groups is 3. The molecule has 1 aliphatic rings. The summed E-state index contributed by atoms with van der Waals surface area (Å²) < 4.78 is 0. The van der Waals surface area contributed by atoms with Crippen LogP contribution in [0.15, 0.2) is 73.1 Å². The number of carbonyl (C=O) groups excluding carboxylic acids is 2. The first-order valence-corrected chi connectivity index (χ1v) is 14.0. The van der Waals surface area contributed by atoms with Crippen LogP contribution in [0.3, 0.4) is 0 Å². The molecule has 2 heterocycles. The maximum atomic E-state index is 13.4. The van der Waals surface area contributed by atoms with Gasteiger partial charge in [0.1, 0.15) is 6.04 Å². The van der Waals surface area contributed by atoms with Gasteiger partial charge in [0.05, 0.1) is 24.0 Å². The predicted molar refractivity (Wildman–Crippen MR) is 157 cm³/mol. The predicted octanol–water partition coefficient (Wildman–Crippen LogP) is 3.73. The van der Waals surface area contributed by atoms with Crippen LogP contribution in [0.5, 0.6) is 0 Å². The van der Waals surface area contributed by atoms with Crippen LogP contribution in [-0.2, 0) is 11.2 Å². The van der Waals surface area contributed by atoms with Gasteiger partial charge in [-0.05, 0) is 60.6 Å². The molecule has 4 rings (SSSR count). The summed E-state index contributed by atoms with van der Waals surface area (Å²) in [6, 6.07) is 16.5. The molecule has 9 heteroatoms. The third kappa shape index (κ3) is 7.49. The van der Waals surface area contributed by atoms with E-state index in [9.17, 15) is 24.6 Å². The summed E-state index contributed by atoms with van der Waals surface area (Å²) in [6.45, 7) is 4.81. The maximum Gasteiger partial charge on any atom is 0.326 e. The van der Waals surface area contributed by atoms with E-state index in [0.717, 1.165) is 16.8 Å². The van der Waals surface area contributed by atoms with Crippen LogP contribution in [0.1, 0.15) is 64.4 Å². The highest BCUT2D eigenvalue weighted by Gasteiger charge is 2.34. The highest BCUT2D eigenvalue weighted by molar-refractivity contribution is 6.01. The number of carboxylic acid groups (broad SMARTS) is 1. The second-order valence-electron chi connectivity index (χ2n) is 10.9. The normalized spacial score (nSPS) is 16.3. The number of amides is 2. The second-order valence-corrected chi connectivity index (χ2v) is 10.9. The first-order chi connectivity index (χ1) is 19.6. The van der Waals surface area contributed by atoms with Crippen LogP contribution in [0, 0.1) is 0 Å². The van der Waals surface area contributed by atoms with E-state index >= 15 is 0 Å². The summed E-state index contributed by atoms with van der Waals surface area (Å²) in [4.78, 5) is 45.7. The third-order valence-electron chi connectivity index (χ3n) is 7.56. The number of aliphatic carboxylic acids is 1. The number of nitrogens with zero attached hydrogens (tertiary/aromatic N) is 3. The molecule has 0 bridgehead atoms. The summed E-state index contributed by atoms with van der Waals surface area (Å²) in [5, 5.41) is 23.8. The third-order valence-corrected chi connectivity index (χ3v) is 7.56. The standard InChI is InChI=1S/C32H38N4O5/c1-21(2)25-17-26(19-33-18-25)35(3)20-29(37)27(15-22-9-5-4-6-10-22)34-30(38)23-11-7-12-24(16-23)31(39)36-14-8-13-28(36)32(40)41/h4-7,9-12,16-19,21,27-29,37H,8,13-15,20H2,1-3H3,(H,34,38)(H,40,41)/t27-,28+,29+/m0/s1. The Kier molecular flexibility index (Phi) is 9.73. The average Bonchev–Trinajstić information content (AvgIpc) is 3.47. The smallest absolute Gasteiger partial charge is 0.326 e. The number of aliphatic hydroxyl groups is 1. The van der Waals surface area contributed by atoms with Crippen molar-refractivity contribution >= 4 is 23.5 Å². The van der Waals surface area contributed by atoms with Gasteiger partial charge >= 0.3 is 5.97 Å². The molecule has 1 saturated heterocycles. The summed E-state index contributed by atoms with van der Waals surface area (Å²) >= 11 is 0. The topological polar surface area (TPSA) is 123 Å². The zero-order valence-corrected chi connectivity index (χ0v) is 23.7. The molecule has 2 amide bonds. The molecule has 1 aromatic heterocycles. The Bertz CT molecular complexity index is 1360. The van der Waals surface area contributed by atoms with E-state index in [0.29, 0.717) is 31.7 Å². The minimum atomic E-state index is -1.03. The van der Waals surface area contributed by atoms with Gasteiger partial charge in [-0.1, -0.05) is 50.2 Å². The van der Waals surface area contributed by atoms with Crippen LogP contribution in [0.25, 0.3) is 0 Å². The Morgan fingerprint density at radius 3 is 2.49 bits per heavy atom. The molecule has 9 nitrogen and oxygen atoms in total. The van der Waals surface area contributed by atoms with Crippen LogP contribution in [0.4, 0.5) is 5.69 Å². The SMILES string of the molecule is CC(C)c1cncc(N(C)C[C@@H](O)[C@H](Cc2ccccc2)NC(=O)c2cccc(C(=O)N3CCC[C@@H]3C(=O)O)c2)c1. The van der Waals surface area contributed by atoms with E-state index in [2.05, 4.69) is 24.1 Å². The zero-order valence-electron chi connectivity index (χ0n) is 23.7. The van der Waals surface area contributed by atoms with Crippen molar-refractivity contribution in [3.8, 4) is 0 Å². The van der Waals surface area contributed by atoms with Crippen molar-refractivity contribution in [2.24, 2.45) is 0 Å². The molecule has 216 valence electrons. The van der Waals surface area contributed by atoms with Crippen molar-refractivity contribution in [2.75, 3.05) is 25.0 Å². The minimum absolute atomic E-state index is 0.253. The van der Waals surface area contributed by atoms with Crippen LogP contribution < -0.4 is 10.2 Å². The van der Waals surface area contributed by atoms with Crippen LogP contribution >= 0.6 is 0 Å². The quantitative estimate of drug-likeness (QED) is 0.328. The molecule has 41 heavy (non-hydrogen) atoms. The van der Waals surface area contributed by atoms with Crippen molar-refractivity contribution < 1.29 is 24.6 Å². The van der Waals surface area contributed by atoms with Gasteiger partial charge in [-0.3, -0.25) is 14.6 Å². The van der Waals surface area contributed by atoms with Gasteiger partial charge < -0.3 is 25.3 Å². The number of likely N-dealkylation sites (tertiary alicyclic amines) is 1. The lowest BCUT2D eigenvalue weighted by Crippen LogP contribution is -2.49. The van der Waals surface area contributed by atoms with Crippen molar-refractivity contribution in [3.05, 3.63) is 95.3 Å². The van der Waals surface area contributed by atoms with E-state index in [1.165, 1.54) is 11.0 Å². The number of rotatable bonds is 11. The Labute approximate surface area is 240 Å². The lowest BCUT2D eigenvalue weighted by Gasteiger charge is -2.29. The molecular formula is C32H38N4O5. The number of benzene rings is 2. The molecule has 0 radical (unpaired) electrons. The van der Waals surface area contributed by atoms with E-state index in [1.54, 1.807) is 24.4 Å². The number of anilines is 1. The second kappa shape index (κ2) is 13.4. The largest absolute Gasteiger partial charge is 0.480 e. The fourth-order valence-electron chi connectivity index (χ4n) is 5.11. The van der Waals surface area contributed by atoms with Gasteiger partial charge in [-0.15, -0.1) is 0 Å². The van der Waals surface area contributed by atoms with Crippen molar-refractivity contribution in [2.45, 2.75) is 57.2 Å². The molecular weight excluding hydrogens is 520 g/mol. The molecule has 3 atom stereocenters. The Balaban J connectivity index is 1.51. The Morgan fingerprint density at radius 1 is 1.05 bits per heavy atom. The van der Waals surface area contributed by atoms with Crippen molar-refractivity contribution in [1.82, 2.24) is 15.2 Å². The first kappa shape index (κ1) is 29.7. The molecule has 1 aliphatic heterocycles. The zero-order chi connectivity index (χ0) is 29.5. The fourth-order valence-corrected chi connectivity index (χ4v) is 5.11. The molecule has 0 unspecified atom stereocenters. The van der Waals surface area contributed by atoms with E-state index in [4.69, 9.17) is 0 Å². The highest BCUT2D eigenvalue weighted by atomic mass is 16.4. The molecule has 0 spiro atoms. The molecule has 3 N–H and O–H groups in total. The Hall–Kier alpha value is -4.24. The van der Waals surface area contributed by atoms with Crippen LogP contribution in [0.2, 0.25) is 0 Å². The number of hydrogen-bond acceptors (Lipinski definition) is 6. The van der Waals surface area contributed by atoms with Crippen LogP contribution in [-0.4, -0.2) is 76.2 Å².